The van der Waals surface area contributed by atoms with E-state index in [1.54, 1.807) is 6.07 Å². The molecule has 0 spiro atoms. The molecule has 0 saturated carbocycles. The van der Waals surface area contributed by atoms with E-state index in [1.165, 1.54) is 18.1 Å². The van der Waals surface area contributed by atoms with Crippen molar-refractivity contribution in [1.29, 1.82) is 0 Å². The molecule has 2 aliphatic heterocycles. The van der Waals surface area contributed by atoms with Crippen LogP contribution in [0.25, 0.3) is 0 Å². The molecule has 8 nitrogen and oxygen atoms in total. The van der Waals surface area contributed by atoms with E-state index in [1.807, 2.05) is 6.20 Å². The van der Waals surface area contributed by atoms with Crippen molar-refractivity contribution < 1.29 is 9.53 Å². The van der Waals surface area contributed by atoms with Gasteiger partial charge in [0, 0.05) is 57.5 Å². The number of carbonyl (C=O) groups is 1. The summed E-state index contributed by atoms with van der Waals surface area (Å²) in [5.41, 5.74) is 1.78. The molecule has 0 bridgehead atoms. The van der Waals surface area contributed by atoms with Crippen LogP contribution in [0.4, 0.5) is 0 Å². The van der Waals surface area contributed by atoms with Gasteiger partial charge in [-0.15, -0.1) is 0 Å². The Morgan fingerprint density at radius 1 is 1.19 bits per heavy atom. The maximum absolute atomic E-state index is 12.3. The van der Waals surface area contributed by atoms with Crippen LogP contribution in [-0.4, -0.2) is 63.1 Å². The minimum atomic E-state index is -0.109. The molecule has 4 heterocycles. The van der Waals surface area contributed by atoms with E-state index in [4.69, 9.17) is 4.74 Å². The lowest BCUT2D eigenvalue weighted by molar-refractivity contribution is 0.0264. The highest BCUT2D eigenvalue weighted by Gasteiger charge is 2.28. The number of aromatic nitrogens is 4. The first-order valence-corrected chi connectivity index (χ1v) is 9.17. The maximum atomic E-state index is 12.3. The Hall–Kier alpha value is -2.32. The van der Waals surface area contributed by atoms with Crippen LogP contribution in [0, 0.1) is 5.92 Å². The van der Waals surface area contributed by atoms with Crippen LogP contribution in [0.1, 0.15) is 28.9 Å². The van der Waals surface area contributed by atoms with Gasteiger partial charge >= 0.3 is 0 Å². The molecule has 1 fully saturated rings. The van der Waals surface area contributed by atoms with Gasteiger partial charge < -0.3 is 10.1 Å². The average Bonchev–Trinajstić information content (AvgIpc) is 3.05. The Kier molecular flexibility index (Phi) is 5.21. The highest BCUT2D eigenvalue weighted by Crippen LogP contribution is 2.22. The molecule has 1 saturated heterocycles. The van der Waals surface area contributed by atoms with Gasteiger partial charge in [-0.2, -0.15) is 15.3 Å². The normalized spacial score (nSPS) is 21.8. The van der Waals surface area contributed by atoms with Gasteiger partial charge in [0.2, 0.25) is 0 Å². The third kappa shape index (κ3) is 3.91. The van der Waals surface area contributed by atoms with E-state index in [0.717, 1.165) is 45.7 Å². The van der Waals surface area contributed by atoms with Crippen LogP contribution >= 0.6 is 0 Å². The first-order valence-electron chi connectivity index (χ1n) is 9.17. The summed E-state index contributed by atoms with van der Waals surface area (Å²) < 4.78 is 7.59. The fourth-order valence-corrected chi connectivity index (χ4v) is 3.79. The molecule has 0 unspecified atom stereocenters. The largest absolute Gasteiger partial charge is 0.381 e. The van der Waals surface area contributed by atoms with Crippen LogP contribution < -0.4 is 5.32 Å². The molecular weight excluding hydrogens is 332 g/mol. The molecule has 26 heavy (non-hydrogen) atoms. The van der Waals surface area contributed by atoms with Crippen molar-refractivity contribution in [2.45, 2.75) is 32.0 Å². The van der Waals surface area contributed by atoms with E-state index >= 15 is 0 Å². The zero-order valence-electron chi connectivity index (χ0n) is 14.8. The maximum Gasteiger partial charge on any atom is 0.252 e. The predicted molar refractivity (Wildman–Crippen MR) is 94.3 cm³/mol. The molecule has 0 aliphatic carbocycles. The van der Waals surface area contributed by atoms with Crippen molar-refractivity contribution in [3.63, 3.8) is 0 Å². The van der Waals surface area contributed by atoms with Crippen LogP contribution in [0.3, 0.4) is 0 Å². The van der Waals surface area contributed by atoms with Crippen LogP contribution in [0.15, 0.2) is 30.7 Å². The van der Waals surface area contributed by atoms with Gasteiger partial charge in [-0.25, -0.2) is 0 Å². The number of rotatable bonds is 4. The van der Waals surface area contributed by atoms with Crippen molar-refractivity contribution in [3.05, 3.63) is 42.0 Å². The van der Waals surface area contributed by atoms with Gasteiger partial charge in [-0.1, -0.05) is 0 Å². The summed E-state index contributed by atoms with van der Waals surface area (Å²) in [6.45, 7) is 4.94. The van der Waals surface area contributed by atoms with Crippen molar-refractivity contribution in [3.8, 4) is 0 Å². The van der Waals surface area contributed by atoms with Gasteiger partial charge in [0.25, 0.3) is 5.91 Å². The fourth-order valence-electron chi connectivity index (χ4n) is 3.79. The molecule has 138 valence electrons. The van der Waals surface area contributed by atoms with Crippen LogP contribution in [-0.2, 0) is 17.8 Å². The van der Waals surface area contributed by atoms with E-state index in [2.05, 4.69) is 36.3 Å². The molecule has 0 aromatic carbocycles. The summed E-state index contributed by atoms with van der Waals surface area (Å²) in [6.07, 6.45) is 7.01. The van der Waals surface area contributed by atoms with Gasteiger partial charge in [-0.05, 0) is 25.0 Å². The van der Waals surface area contributed by atoms with Gasteiger partial charge in [0.1, 0.15) is 0 Å². The number of ether oxygens (including phenoxy) is 1. The van der Waals surface area contributed by atoms with Gasteiger partial charge in [-0.3, -0.25) is 14.4 Å². The van der Waals surface area contributed by atoms with E-state index in [-0.39, 0.29) is 5.91 Å². The lowest BCUT2D eigenvalue weighted by Gasteiger charge is -2.34. The quantitative estimate of drug-likeness (QED) is 0.869. The average molecular weight is 356 g/mol. The summed E-state index contributed by atoms with van der Waals surface area (Å²) in [7, 11) is 0. The smallest absolute Gasteiger partial charge is 0.252 e. The molecule has 2 aromatic heterocycles. The van der Waals surface area contributed by atoms with Gasteiger partial charge in [0.05, 0.1) is 23.7 Å². The van der Waals surface area contributed by atoms with Gasteiger partial charge in [0.15, 0.2) is 0 Å². The monoisotopic (exact) mass is 356 g/mol. The summed E-state index contributed by atoms with van der Waals surface area (Å²) in [5.74, 6) is 0.195. The minimum Gasteiger partial charge on any atom is -0.381 e. The minimum absolute atomic E-state index is 0.109. The number of fused-ring (bicyclic) bond motifs is 1. The van der Waals surface area contributed by atoms with E-state index < -0.39 is 0 Å². The molecule has 1 amide bonds. The summed E-state index contributed by atoms with van der Waals surface area (Å²) in [4.78, 5) is 14.9. The number of carbonyl (C=O) groups excluding carboxylic acids is 1. The Morgan fingerprint density at radius 3 is 2.88 bits per heavy atom. The summed E-state index contributed by atoms with van der Waals surface area (Å²) in [5, 5.41) is 15.0. The number of nitrogens with zero attached hydrogens (tertiary/aromatic N) is 5. The van der Waals surface area contributed by atoms with Crippen LogP contribution in [0.5, 0.6) is 0 Å². The summed E-state index contributed by atoms with van der Waals surface area (Å²) in [6, 6.07) is 4.30. The molecule has 8 heteroatoms. The highest BCUT2D eigenvalue weighted by molar-refractivity contribution is 5.93. The van der Waals surface area contributed by atoms with Crippen molar-refractivity contribution in [2.75, 3.05) is 26.3 Å². The standard InChI is InChI=1S/C18H24N6O2/c25-18(15-1-5-20-21-10-15)19-9-14-11-23(16-3-7-26-8-4-16)13-17-2-6-22-24(17)12-14/h1-2,5-6,10,14,16H,3-4,7-9,11-13H2,(H,19,25)/t14-/m1/s1. The molecular formula is C18H24N6O2. The second-order valence-electron chi connectivity index (χ2n) is 6.98. The van der Waals surface area contributed by atoms with E-state index in [0.29, 0.717) is 24.1 Å². The van der Waals surface area contributed by atoms with Crippen LogP contribution in [0.2, 0.25) is 0 Å². The fraction of sp³-hybridized carbons (Fsp3) is 0.556. The molecule has 1 N–H and O–H groups in total. The Morgan fingerprint density at radius 2 is 2.08 bits per heavy atom. The zero-order chi connectivity index (χ0) is 17.8. The Labute approximate surface area is 152 Å². The molecule has 2 aliphatic rings. The number of amides is 1. The number of nitrogens with one attached hydrogen (secondary N) is 1. The molecule has 2 aromatic rings. The summed E-state index contributed by atoms with van der Waals surface area (Å²) >= 11 is 0. The van der Waals surface area contributed by atoms with Crippen molar-refractivity contribution in [1.82, 2.24) is 30.2 Å². The predicted octanol–water partition coefficient (Wildman–Crippen LogP) is 0.714. The first-order chi connectivity index (χ1) is 12.8. The third-order valence-corrected chi connectivity index (χ3v) is 5.20. The van der Waals surface area contributed by atoms with Crippen molar-refractivity contribution in [2.24, 2.45) is 5.92 Å². The number of hydrogen-bond acceptors (Lipinski definition) is 6. The number of hydrogen-bond donors (Lipinski definition) is 1. The second kappa shape index (κ2) is 7.92. The third-order valence-electron chi connectivity index (χ3n) is 5.20. The lowest BCUT2D eigenvalue weighted by Crippen LogP contribution is -2.43. The molecule has 0 radical (unpaired) electrons. The molecule has 1 atom stereocenters. The van der Waals surface area contributed by atoms with Crippen molar-refractivity contribution >= 4 is 5.91 Å². The second-order valence-corrected chi connectivity index (χ2v) is 6.98. The first kappa shape index (κ1) is 17.1. The van der Waals surface area contributed by atoms with E-state index in [9.17, 15) is 4.79 Å². The highest BCUT2D eigenvalue weighted by atomic mass is 16.5. The Balaban J connectivity index is 1.43. The zero-order valence-corrected chi connectivity index (χ0v) is 14.8. The SMILES string of the molecule is O=C(NC[C@@H]1CN(C2CCOCC2)Cc2ccnn2C1)c1ccnnc1. The molecule has 4 rings (SSSR count). The lowest BCUT2D eigenvalue weighted by atomic mass is 10.0. The topological polar surface area (TPSA) is 85.2 Å². The Bertz CT molecular complexity index is 728.